The van der Waals surface area contributed by atoms with Gasteiger partial charge in [-0.05, 0) is 13.8 Å². The van der Waals surface area contributed by atoms with Crippen molar-refractivity contribution in [1.29, 1.82) is 0 Å². The quantitative estimate of drug-likeness (QED) is 0.848. The molecule has 3 N–H and O–H groups in total. The van der Waals surface area contributed by atoms with Crippen molar-refractivity contribution in [1.82, 2.24) is 14.5 Å². The Balaban J connectivity index is 0.00000256. The Hall–Kier alpha value is -0.340. The highest BCUT2D eigenvalue weighted by Gasteiger charge is 2.24. The molecule has 0 aliphatic heterocycles. The molecule has 1 aromatic heterocycles. The standard InChI is InChI=1S/C8H15ClN4O2S.ClH/c1-8(2,10)5-12-16(14,15)7-6(9)4-11-13(7)3;/h4,12H,5,10H2,1-3H3;1H. The molecule has 0 saturated heterocycles. The summed E-state index contributed by atoms with van der Waals surface area (Å²) >= 11 is 5.75. The summed E-state index contributed by atoms with van der Waals surface area (Å²) in [6.07, 6.45) is 1.28. The lowest BCUT2D eigenvalue weighted by atomic mass is 10.1. The summed E-state index contributed by atoms with van der Waals surface area (Å²) in [7, 11) is -2.16. The topological polar surface area (TPSA) is 90.0 Å². The molecule has 0 bridgehead atoms. The van der Waals surface area contributed by atoms with Crippen LogP contribution in [-0.4, -0.2) is 30.3 Å². The van der Waals surface area contributed by atoms with Crippen molar-refractivity contribution in [3.63, 3.8) is 0 Å². The number of nitrogens with two attached hydrogens (primary N) is 1. The highest BCUT2D eigenvalue weighted by atomic mass is 35.5. The van der Waals surface area contributed by atoms with Crippen molar-refractivity contribution in [2.24, 2.45) is 12.8 Å². The summed E-state index contributed by atoms with van der Waals surface area (Å²) in [5.41, 5.74) is 5.06. The lowest BCUT2D eigenvalue weighted by Gasteiger charge is -2.18. The molecule has 0 atom stereocenters. The van der Waals surface area contributed by atoms with Crippen LogP contribution in [0.15, 0.2) is 11.2 Å². The average Bonchev–Trinajstić information content (AvgIpc) is 2.42. The zero-order valence-corrected chi connectivity index (χ0v) is 12.2. The predicted octanol–water partition coefficient (Wildman–Crippen LogP) is 0.511. The number of aryl methyl sites for hydroxylation is 1. The second-order valence-corrected chi connectivity index (χ2v) is 6.32. The van der Waals surface area contributed by atoms with E-state index in [-0.39, 0.29) is 29.0 Å². The smallest absolute Gasteiger partial charge is 0.259 e. The first-order chi connectivity index (χ1) is 7.13. The first-order valence-corrected chi connectivity index (χ1v) is 6.46. The lowest BCUT2D eigenvalue weighted by molar-refractivity contribution is 0.494. The van der Waals surface area contributed by atoms with E-state index in [0.29, 0.717) is 0 Å². The number of nitrogens with zero attached hydrogens (tertiary/aromatic N) is 2. The number of hydrogen-bond acceptors (Lipinski definition) is 4. The van der Waals surface area contributed by atoms with Crippen molar-refractivity contribution < 1.29 is 8.42 Å². The summed E-state index contributed by atoms with van der Waals surface area (Å²) in [5, 5.41) is 3.79. The van der Waals surface area contributed by atoms with E-state index in [1.54, 1.807) is 13.8 Å². The number of halogens is 2. The summed E-state index contributed by atoms with van der Waals surface area (Å²) < 4.78 is 27.3. The van der Waals surface area contributed by atoms with E-state index >= 15 is 0 Å². The van der Waals surface area contributed by atoms with Crippen LogP contribution in [0.25, 0.3) is 0 Å². The third-order valence-corrected chi connectivity index (χ3v) is 3.72. The van der Waals surface area contributed by atoms with Gasteiger partial charge in [-0.3, -0.25) is 4.68 Å². The van der Waals surface area contributed by atoms with Crippen LogP contribution in [0.5, 0.6) is 0 Å². The summed E-state index contributed by atoms with van der Waals surface area (Å²) in [6, 6.07) is 0. The average molecular weight is 303 g/mol. The number of rotatable bonds is 4. The summed E-state index contributed by atoms with van der Waals surface area (Å²) in [4.78, 5) is 0. The van der Waals surface area contributed by atoms with E-state index in [2.05, 4.69) is 9.82 Å². The van der Waals surface area contributed by atoms with Crippen molar-refractivity contribution in [2.45, 2.75) is 24.4 Å². The molecule has 9 heteroatoms. The molecule has 0 unspecified atom stereocenters. The normalized spacial score (nSPS) is 12.3. The zero-order chi connectivity index (χ0) is 12.6. The first kappa shape index (κ1) is 16.7. The molecule has 100 valence electrons. The van der Waals surface area contributed by atoms with Gasteiger partial charge in [0.15, 0.2) is 5.03 Å². The van der Waals surface area contributed by atoms with Crippen LogP contribution >= 0.6 is 24.0 Å². The maximum Gasteiger partial charge on any atom is 0.259 e. The molecule has 0 amide bonds. The van der Waals surface area contributed by atoms with Gasteiger partial charge < -0.3 is 5.73 Å². The van der Waals surface area contributed by atoms with Crippen LogP contribution in [-0.2, 0) is 17.1 Å². The fourth-order valence-corrected chi connectivity index (χ4v) is 2.93. The van der Waals surface area contributed by atoms with Crippen molar-refractivity contribution in [3.8, 4) is 0 Å². The molecule has 0 radical (unpaired) electrons. The van der Waals surface area contributed by atoms with E-state index in [4.69, 9.17) is 17.3 Å². The minimum absolute atomic E-state index is 0. The molecule has 0 saturated carbocycles. The maximum absolute atomic E-state index is 11.9. The zero-order valence-electron chi connectivity index (χ0n) is 9.77. The molecule has 6 nitrogen and oxygen atoms in total. The van der Waals surface area contributed by atoms with Gasteiger partial charge in [-0.1, -0.05) is 11.6 Å². The molecule has 17 heavy (non-hydrogen) atoms. The molecule has 0 aromatic carbocycles. The number of hydrogen-bond donors (Lipinski definition) is 2. The van der Waals surface area contributed by atoms with Crippen LogP contribution < -0.4 is 10.5 Å². The van der Waals surface area contributed by atoms with E-state index in [1.807, 2.05) is 0 Å². The van der Waals surface area contributed by atoms with E-state index in [9.17, 15) is 8.42 Å². The molecule has 1 aromatic rings. The first-order valence-electron chi connectivity index (χ1n) is 4.59. The van der Waals surface area contributed by atoms with Crippen LogP contribution in [0.1, 0.15) is 13.8 Å². The summed E-state index contributed by atoms with van der Waals surface area (Å²) in [6.45, 7) is 3.57. The van der Waals surface area contributed by atoms with Crippen molar-refractivity contribution >= 4 is 34.0 Å². The van der Waals surface area contributed by atoms with Gasteiger partial charge in [-0.15, -0.1) is 12.4 Å². The molecule has 0 spiro atoms. The Morgan fingerprint density at radius 1 is 1.59 bits per heavy atom. The van der Waals surface area contributed by atoms with Gasteiger partial charge >= 0.3 is 0 Å². The van der Waals surface area contributed by atoms with Crippen LogP contribution in [0.3, 0.4) is 0 Å². The molecular weight excluding hydrogens is 287 g/mol. The lowest BCUT2D eigenvalue weighted by Crippen LogP contribution is -2.45. The van der Waals surface area contributed by atoms with Gasteiger partial charge in [0.05, 0.1) is 11.2 Å². The second kappa shape index (κ2) is 5.53. The molecular formula is C8H16Cl2N4O2S. The third-order valence-electron chi connectivity index (χ3n) is 1.81. The third kappa shape index (κ3) is 4.44. The Bertz CT molecular complexity index is 459. The van der Waals surface area contributed by atoms with Gasteiger partial charge in [0.2, 0.25) is 0 Å². The Morgan fingerprint density at radius 2 is 2.12 bits per heavy atom. The van der Waals surface area contributed by atoms with Crippen molar-refractivity contribution in [2.75, 3.05) is 6.54 Å². The molecule has 0 aliphatic carbocycles. The van der Waals surface area contributed by atoms with E-state index in [1.165, 1.54) is 17.9 Å². The Morgan fingerprint density at radius 3 is 2.47 bits per heavy atom. The van der Waals surface area contributed by atoms with Gasteiger partial charge in [0, 0.05) is 19.1 Å². The molecule has 1 heterocycles. The molecule has 1 rings (SSSR count). The van der Waals surface area contributed by atoms with Crippen LogP contribution in [0.2, 0.25) is 5.02 Å². The maximum atomic E-state index is 11.9. The van der Waals surface area contributed by atoms with Gasteiger partial charge in [-0.25, -0.2) is 13.1 Å². The molecule has 0 fully saturated rings. The van der Waals surface area contributed by atoms with E-state index in [0.717, 1.165) is 0 Å². The largest absolute Gasteiger partial charge is 0.324 e. The Kier molecular flexibility index (Phi) is 5.42. The monoisotopic (exact) mass is 302 g/mol. The second-order valence-electron chi connectivity index (χ2n) is 4.23. The van der Waals surface area contributed by atoms with Gasteiger partial charge in [0.25, 0.3) is 10.0 Å². The number of nitrogens with one attached hydrogen (secondary N) is 1. The minimum Gasteiger partial charge on any atom is -0.324 e. The van der Waals surface area contributed by atoms with Crippen LogP contribution in [0, 0.1) is 0 Å². The fraction of sp³-hybridized carbons (Fsp3) is 0.625. The van der Waals surface area contributed by atoms with Crippen LogP contribution in [0.4, 0.5) is 0 Å². The summed E-state index contributed by atoms with van der Waals surface area (Å²) in [5.74, 6) is 0. The predicted molar refractivity (Wildman–Crippen MR) is 68.9 cm³/mol. The van der Waals surface area contributed by atoms with E-state index < -0.39 is 15.6 Å². The van der Waals surface area contributed by atoms with Gasteiger partial charge in [0.1, 0.15) is 0 Å². The highest BCUT2D eigenvalue weighted by molar-refractivity contribution is 7.89. The molecule has 0 aliphatic rings. The Labute approximate surface area is 112 Å². The fourth-order valence-electron chi connectivity index (χ4n) is 1.05. The van der Waals surface area contributed by atoms with Gasteiger partial charge in [-0.2, -0.15) is 5.10 Å². The SMILES string of the molecule is Cl.Cn1ncc(Cl)c1S(=O)(=O)NCC(C)(C)N. The number of sulfonamides is 1. The van der Waals surface area contributed by atoms with Crippen molar-refractivity contribution in [3.05, 3.63) is 11.2 Å². The highest BCUT2D eigenvalue weighted by Crippen LogP contribution is 2.19. The number of aromatic nitrogens is 2. The minimum atomic E-state index is -3.67.